The largest absolute Gasteiger partial charge is 0.485 e. The molecule has 29 heavy (non-hydrogen) atoms. The molecule has 0 unspecified atom stereocenters. The SMILES string of the molecule is Cc1nc2cc(OCc3cc(C(=O)N[C@H](C)Cc4ccccn4)no3)ccc2s1. The van der Waals surface area contributed by atoms with Crippen molar-refractivity contribution in [2.75, 3.05) is 0 Å². The Labute approximate surface area is 171 Å². The van der Waals surface area contributed by atoms with Gasteiger partial charge >= 0.3 is 0 Å². The number of hydrogen-bond donors (Lipinski definition) is 1. The first kappa shape index (κ1) is 19.1. The van der Waals surface area contributed by atoms with Gasteiger partial charge in [0, 0.05) is 36.5 Å². The molecule has 148 valence electrons. The second-order valence-electron chi connectivity index (χ2n) is 6.73. The van der Waals surface area contributed by atoms with Crippen molar-refractivity contribution in [2.45, 2.75) is 32.9 Å². The van der Waals surface area contributed by atoms with Crippen LogP contribution in [0.25, 0.3) is 10.2 Å². The smallest absolute Gasteiger partial charge is 0.273 e. The predicted molar refractivity (Wildman–Crippen MR) is 110 cm³/mol. The Kier molecular flexibility index (Phi) is 5.53. The number of fused-ring (bicyclic) bond motifs is 1. The number of carbonyl (C=O) groups is 1. The highest BCUT2D eigenvalue weighted by Crippen LogP contribution is 2.26. The van der Waals surface area contributed by atoms with Crippen LogP contribution in [-0.4, -0.2) is 27.1 Å². The van der Waals surface area contributed by atoms with E-state index in [4.69, 9.17) is 9.26 Å². The zero-order chi connectivity index (χ0) is 20.2. The first-order valence-electron chi connectivity index (χ1n) is 9.23. The standard InChI is InChI=1S/C21H20N4O3S/c1-13(9-15-5-3-4-8-22-15)23-21(26)19-11-17(28-25-19)12-27-16-6-7-20-18(10-16)24-14(2)29-20/h3-8,10-11,13H,9,12H2,1-2H3,(H,23,26)/t13-/m1/s1. The number of nitrogens with zero attached hydrogens (tertiary/aromatic N) is 3. The summed E-state index contributed by atoms with van der Waals surface area (Å²) in [5.41, 5.74) is 2.05. The number of ether oxygens (including phenoxy) is 1. The fourth-order valence-electron chi connectivity index (χ4n) is 2.94. The van der Waals surface area contributed by atoms with Crippen LogP contribution >= 0.6 is 11.3 Å². The Balaban J connectivity index is 1.32. The molecule has 4 aromatic rings. The van der Waals surface area contributed by atoms with Crippen molar-refractivity contribution in [3.8, 4) is 5.75 Å². The molecule has 4 rings (SSSR count). The molecule has 1 N–H and O–H groups in total. The third-order valence-electron chi connectivity index (χ3n) is 4.26. The normalized spacial score (nSPS) is 12.1. The van der Waals surface area contributed by atoms with Crippen molar-refractivity contribution in [3.05, 3.63) is 70.8 Å². The Morgan fingerprint density at radius 3 is 3.00 bits per heavy atom. The van der Waals surface area contributed by atoms with E-state index < -0.39 is 0 Å². The molecule has 0 bridgehead atoms. The molecule has 0 aliphatic heterocycles. The minimum Gasteiger partial charge on any atom is -0.485 e. The molecule has 1 aromatic carbocycles. The number of aromatic nitrogens is 3. The van der Waals surface area contributed by atoms with Crippen LogP contribution < -0.4 is 10.1 Å². The van der Waals surface area contributed by atoms with E-state index in [2.05, 4.69) is 20.4 Å². The topological polar surface area (TPSA) is 90.1 Å². The molecule has 3 heterocycles. The van der Waals surface area contributed by atoms with Crippen molar-refractivity contribution >= 4 is 27.5 Å². The highest BCUT2D eigenvalue weighted by molar-refractivity contribution is 7.18. The van der Waals surface area contributed by atoms with Crippen LogP contribution in [0.2, 0.25) is 0 Å². The number of benzene rings is 1. The molecule has 0 saturated heterocycles. The van der Waals surface area contributed by atoms with Crippen LogP contribution in [0.3, 0.4) is 0 Å². The average Bonchev–Trinajstić information content (AvgIpc) is 3.32. The third kappa shape index (κ3) is 4.78. The van der Waals surface area contributed by atoms with Crippen LogP contribution in [-0.2, 0) is 13.0 Å². The number of amides is 1. The predicted octanol–water partition coefficient (Wildman–Crippen LogP) is 3.93. The van der Waals surface area contributed by atoms with Gasteiger partial charge in [0.2, 0.25) is 0 Å². The molecule has 1 amide bonds. The van der Waals surface area contributed by atoms with E-state index in [1.165, 1.54) is 0 Å². The van der Waals surface area contributed by atoms with Crippen LogP contribution in [0.5, 0.6) is 5.75 Å². The van der Waals surface area contributed by atoms with Crippen molar-refractivity contribution in [1.82, 2.24) is 20.4 Å². The number of rotatable bonds is 7. The monoisotopic (exact) mass is 408 g/mol. The molecule has 0 saturated carbocycles. The maximum atomic E-state index is 12.4. The molecule has 0 radical (unpaired) electrons. The van der Waals surface area contributed by atoms with Gasteiger partial charge in [-0.05, 0) is 38.1 Å². The van der Waals surface area contributed by atoms with Crippen molar-refractivity contribution in [3.63, 3.8) is 0 Å². The van der Waals surface area contributed by atoms with Gasteiger partial charge in [-0.3, -0.25) is 9.78 Å². The Bertz CT molecular complexity index is 1120. The summed E-state index contributed by atoms with van der Waals surface area (Å²) in [5.74, 6) is 0.874. The van der Waals surface area contributed by atoms with Crippen LogP contribution in [0.4, 0.5) is 0 Å². The number of nitrogens with one attached hydrogen (secondary N) is 1. The summed E-state index contributed by atoms with van der Waals surface area (Å²) >= 11 is 1.64. The number of pyridine rings is 1. The number of thiazole rings is 1. The molecule has 8 heteroatoms. The molecule has 0 aliphatic carbocycles. The van der Waals surface area contributed by atoms with E-state index in [0.717, 1.165) is 20.9 Å². The Hall–Kier alpha value is -3.26. The van der Waals surface area contributed by atoms with Gasteiger partial charge in [0.05, 0.1) is 15.2 Å². The molecule has 0 aliphatic rings. The highest BCUT2D eigenvalue weighted by Gasteiger charge is 2.16. The Morgan fingerprint density at radius 2 is 2.17 bits per heavy atom. The lowest BCUT2D eigenvalue weighted by molar-refractivity contribution is 0.0930. The Morgan fingerprint density at radius 1 is 1.28 bits per heavy atom. The number of aryl methyl sites for hydroxylation is 1. The van der Waals surface area contributed by atoms with Gasteiger partial charge in [0.15, 0.2) is 11.5 Å². The summed E-state index contributed by atoms with van der Waals surface area (Å²) in [5, 5.41) is 7.77. The molecular weight excluding hydrogens is 388 g/mol. The highest BCUT2D eigenvalue weighted by atomic mass is 32.1. The fourth-order valence-corrected chi connectivity index (χ4v) is 3.74. The van der Waals surface area contributed by atoms with Gasteiger partial charge in [-0.25, -0.2) is 4.98 Å². The molecule has 1 atom stereocenters. The van der Waals surface area contributed by atoms with Gasteiger partial charge in [0.1, 0.15) is 12.4 Å². The average molecular weight is 408 g/mol. The summed E-state index contributed by atoms with van der Waals surface area (Å²) in [4.78, 5) is 21.1. The van der Waals surface area contributed by atoms with E-state index in [1.54, 1.807) is 23.6 Å². The second-order valence-corrected chi connectivity index (χ2v) is 7.96. The first-order chi connectivity index (χ1) is 14.1. The van der Waals surface area contributed by atoms with Gasteiger partial charge < -0.3 is 14.6 Å². The van der Waals surface area contributed by atoms with Gasteiger partial charge in [-0.15, -0.1) is 11.3 Å². The lowest BCUT2D eigenvalue weighted by Gasteiger charge is -2.11. The first-order valence-corrected chi connectivity index (χ1v) is 10.0. The molecule has 7 nitrogen and oxygen atoms in total. The second kappa shape index (κ2) is 8.40. The van der Waals surface area contributed by atoms with E-state index in [1.807, 2.05) is 50.2 Å². The minimum absolute atomic E-state index is 0.0814. The summed E-state index contributed by atoms with van der Waals surface area (Å²) < 4.78 is 12.1. The lowest BCUT2D eigenvalue weighted by Crippen LogP contribution is -2.34. The molecular formula is C21H20N4O3S. The number of carbonyl (C=O) groups excluding carboxylic acids is 1. The maximum absolute atomic E-state index is 12.4. The van der Waals surface area contributed by atoms with Crippen molar-refractivity contribution < 1.29 is 14.1 Å². The maximum Gasteiger partial charge on any atom is 0.273 e. The van der Waals surface area contributed by atoms with Crippen LogP contribution in [0, 0.1) is 6.92 Å². The van der Waals surface area contributed by atoms with Crippen molar-refractivity contribution in [2.24, 2.45) is 0 Å². The van der Waals surface area contributed by atoms with E-state index in [9.17, 15) is 4.79 Å². The quantitative estimate of drug-likeness (QED) is 0.498. The molecule has 3 aromatic heterocycles. The van der Waals surface area contributed by atoms with E-state index in [0.29, 0.717) is 17.9 Å². The summed E-state index contributed by atoms with van der Waals surface area (Å²) in [6, 6.07) is 13.0. The zero-order valence-electron chi connectivity index (χ0n) is 16.1. The summed E-state index contributed by atoms with van der Waals surface area (Å²) in [6.45, 7) is 4.08. The summed E-state index contributed by atoms with van der Waals surface area (Å²) in [7, 11) is 0. The minimum atomic E-state index is -0.289. The van der Waals surface area contributed by atoms with Crippen LogP contribution in [0.1, 0.15) is 33.9 Å². The van der Waals surface area contributed by atoms with Gasteiger partial charge in [-0.2, -0.15) is 0 Å². The van der Waals surface area contributed by atoms with E-state index >= 15 is 0 Å². The lowest BCUT2D eigenvalue weighted by atomic mass is 10.1. The van der Waals surface area contributed by atoms with Crippen molar-refractivity contribution in [1.29, 1.82) is 0 Å². The third-order valence-corrected chi connectivity index (χ3v) is 5.21. The van der Waals surface area contributed by atoms with Gasteiger partial charge in [-0.1, -0.05) is 11.2 Å². The zero-order valence-corrected chi connectivity index (χ0v) is 16.9. The van der Waals surface area contributed by atoms with E-state index in [-0.39, 0.29) is 24.2 Å². The molecule has 0 spiro atoms. The summed E-state index contributed by atoms with van der Waals surface area (Å²) in [6.07, 6.45) is 2.38. The van der Waals surface area contributed by atoms with Crippen LogP contribution in [0.15, 0.2) is 53.2 Å². The molecule has 0 fully saturated rings. The fraction of sp³-hybridized carbons (Fsp3) is 0.238. The number of hydrogen-bond acceptors (Lipinski definition) is 7. The van der Waals surface area contributed by atoms with Gasteiger partial charge in [0.25, 0.3) is 5.91 Å².